The number of carbonyl (C=O) groups excluding carboxylic acids is 1. The van der Waals surface area contributed by atoms with Crippen LogP contribution in [0.15, 0.2) is 30.3 Å². The van der Waals surface area contributed by atoms with E-state index in [-0.39, 0.29) is 24.4 Å². The molecule has 1 aliphatic rings. The molecule has 1 aliphatic heterocycles. The number of nitrogens with two attached hydrogens (primary N) is 1. The van der Waals surface area contributed by atoms with Crippen LogP contribution >= 0.6 is 12.4 Å². The van der Waals surface area contributed by atoms with Crippen LogP contribution in [0.5, 0.6) is 0 Å². The van der Waals surface area contributed by atoms with Crippen LogP contribution in [0, 0.1) is 0 Å². The van der Waals surface area contributed by atoms with Crippen LogP contribution in [0.2, 0.25) is 0 Å². The monoisotopic (exact) mass is 282 g/mol. The molecule has 0 saturated carbocycles. The molecule has 0 radical (unpaired) electrons. The van der Waals surface area contributed by atoms with Crippen molar-refractivity contribution in [2.45, 2.75) is 44.7 Å². The Labute approximate surface area is 121 Å². The lowest BCUT2D eigenvalue weighted by Crippen LogP contribution is -2.46. The second-order valence-corrected chi connectivity index (χ2v) is 5.03. The summed E-state index contributed by atoms with van der Waals surface area (Å²) in [6.07, 6.45) is 3.85. The van der Waals surface area contributed by atoms with E-state index in [9.17, 15) is 4.79 Å². The number of amides is 1. The van der Waals surface area contributed by atoms with Gasteiger partial charge in [-0.25, -0.2) is 0 Å². The third-order valence-electron chi connectivity index (χ3n) is 3.73. The zero-order valence-electron chi connectivity index (χ0n) is 11.4. The molecule has 3 nitrogen and oxygen atoms in total. The molecule has 106 valence electrons. The topological polar surface area (TPSA) is 46.3 Å². The van der Waals surface area contributed by atoms with E-state index in [2.05, 4.69) is 12.1 Å². The smallest absolute Gasteiger partial charge is 0.239 e. The van der Waals surface area contributed by atoms with Gasteiger partial charge >= 0.3 is 0 Å². The first kappa shape index (κ1) is 16.0. The first-order valence-corrected chi connectivity index (χ1v) is 6.82. The van der Waals surface area contributed by atoms with Gasteiger partial charge in [-0.15, -0.1) is 12.4 Å². The Hall–Kier alpha value is -1.06. The zero-order chi connectivity index (χ0) is 13.0. The van der Waals surface area contributed by atoms with Gasteiger partial charge in [0, 0.05) is 12.6 Å². The number of hydrogen-bond donors (Lipinski definition) is 1. The highest BCUT2D eigenvalue weighted by Gasteiger charge is 2.30. The van der Waals surface area contributed by atoms with E-state index in [4.69, 9.17) is 5.73 Å². The molecular formula is C15H23ClN2O. The van der Waals surface area contributed by atoms with E-state index >= 15 is 0 Å². The number of nitrogens with zero attached hydrogens (tertiary/aromatic N) is 1. The van der Waals surface area contributed by atoms with Crippen molar-refractivity contribution in [1.29, 1.82) is 0 Å². The highest BCUT2D eigenvalue weighted by Crippen LogP contribution is 2.22. The van der Waals surface area contributed by atoms with Crippen molar-refractivity contribution in [3.05, 3.63) is 35.9 Å². The van der Waals surface area contributed by atoms with E-state index in [1.807, 2.05) is 30.0 Å². The summed E-state index contributed by atoms with van der Waals surface area (Å²) >= 11 is 0. The third kappa shape index (κ3) is 3.95. The molecule has 0 spiro atoms. The van der Waals surface area contributed by atoms with Gasteiger partial charge in [-0.1, -0.05) is 37.3 Å². The summed E-state index contributed by atoms with van der Waals surface area (Å²) in [5.74, 6) is 0.121. The maximum atomic E-state index is 12.2. The molecule has 0 aliphatic carbocycles. The number of hydrogen-bond acceptors (Lipinski definition) is 2. The molecule has 1 aromatic rings. The number of benzene rings is 1. The summed E-state index contributed by atoms with van der Waals surface area (Å²) in [6.45, 7) is 2.83. The van der Waals surface area contributed by atoms with Gasteiger partial charge in [-0.2, -0.15) is 0 Å². The molecule has 4 heteroatoms. The summed E-state index contributed by atoms with van der Waals surface area (Å²) in [5.41, 5.74) is 7.16. The lowest BCUT2D eigenvalue weighted by molar-refractivity contribution is -0.133. The summed E-state index contributed by atoms with van der Waals surface area (Å²) < 4.78 is 0. The Morgan fingerprint density at radius 2 is 2.11 bits per heavy atom. The van der Waals surface area contributed by atoms with Crippen molar-refractivity contribution in [1.82, 2.24) is 4.90 Å². The van der Waals surface area contributed by atoms with Gasteiger partial charge in [-0.3, -0.25) is 4.79 Å². The van der Waals surface area contributed by atoms with Gasteiger partial charge in [0.25, 0.3) is 0 Å². The Morgan fingerprint density at radius 3 is 2.74 bits per heavy atom. The summed E-state index contributed by atoms with van der Waals surface area (Å²) in [5, 5.41) is 0. The predicted molar refractivity (Wildman–Crippen MR) is 80.4 cm³/mol. The maximum absolute atomic E-state index is 12.2. The zero-order valence-corrected chi connectivity index (χ0v) is 12.2. The van der Waals surface area contributed by atoms with Crippen LogP contribution in [-0.2, 0) is 11.2 Å². The van der Waals surface area contributed by atoms with E-state index in [0.29, 0.717) is 12.5 Å². The molecule has 1 amide bonds. The summed E-state index contributed by atoms with van der Waals surface area (Å²) in [6, 6.07) is 10.4. The van der Waals surface area contributed by atoms with E-state index in [1.165, 1.54) is 5.56 Å². The fraction of sp³-hybridized carbons (Fsp3) is 0.533. The molecule has 1 saturated heterocycles. The molecule has 1 fully saturated rings. The van der Waals surface area contributed by atoms with Crippen LogP contribution in [0.3, 0.4) is 0 Å². The van der Waals surface area contributed by atoms with E-state index in [0.717, 1.165) is 25.8 Å². The Kier molecular flexibility index (Phi) is 6.32. The molecule has 2 rings (SSSR count). The predicted octanol–water partition coefficient (Wildman–Crippen LogP) is 2.38. The van der Waals surface area contributed by atoms with Crippen molar-refractivity contribution in [3.8, 4) is 0 Å². The lowest BCUT2D eigenvalue weighted by Gasteiger charge is -2.27. The summed E-state index contributed by atoms with van der Waals surface area (Å²) in [7, 11) is 0. The Bertz CT molecular complexity index is 396. The van der Waals surface area contributed by atoms with E-state index in [1.54, 1.807) is 0 Å². The standard InChI is InChI=1S/C15H22N2O.ClH/c1-2-14(16)15(18)17-10-6-9-13(17)11-12-7-4-3-5-8-12;/h3-5,7-8,13-14H,2,6,9-11,16H2,1H3;1H/t13?,14-;/m0./s1. The molecule has 0 bridgehead atoms. The second-order valence-electron chi connectivity index (χ2n) is 5.03. The van der Waals surface area contributed by atoms with Gasteiger partial charge < -0.3 is 10.6 Å². The van der Waals surface area contributed by atoms with Crippen molar-refractivity contribution in [2.24, 2.45) is 5.73 Å². The average molecular weight is 283 g/mol. The van der Waals surface area contributed by atoms with Crippen LogP contribution in [0.4, 0.5) is 0 Å². The van der Waals surface area contributed by atoms with Crippen LogP contribution in [-0.4, -0.2) is 29.4 Å². The maximum Gasteiger partial charge on any atom is 0.239 e. The molecule has 1 aromatic carbocycles. The van der Waals surface area contributed by atoms with Crippen LogP contribution in [0.25, 0.3) is 0 Å². The number of carbonyl (C=O) groups is 1. The van der Waals surface area contributed by atoms with Crippen molar-refractivity contribution in [3.63, 3.8) is 0 Å². The minimum atomic E-state index is -0.332. The van der Waals surface area contributed by atoms with E-state index < -0.39 is 0 Å². The minimum absolute atomic E-state index is 0. The summed E-state index contributed by atoms with van der Waals surface area (Å²) in [4.78, 5) is 14.2. The molecule has 2 N–H and O–H groups in total. The SMILES string of the molecule is CC[C@H](N)C(=O)N1CCCC1Cc1ccccc1.Cl. The Balaban J connectivity index is 0.00000180. The largest absolute Gasteiger partial charge is 0.338 e. The normalized spacial score (nSPS) is 19.9. The fourth-order valence-corrected chi connectivity index (χ4v) is 2.61. The van der Waals surface area contributed by atoms with Crippen molar-refractivity contribution < 1.29 is 4.79 Å². The van der Waals surface area contributed by atoms with Crippen molar-refractivity contribution in [2.75, 3.05) is 6.54 Å². The van der Waals surface area contributed by atoms with Crippen LogP contribution < -0.4 is 5.73 Å². The number of likely N-dealkylation sites (tertiary alicyclic amines) is 1. The Morgan fingerprint density at radius 1 is 1.42 bits per heavy atom. The number of rotatable bonds is 4. The molecule has 2 atom stereocenters. The van der Waals surface area contributed by atoms with Crippen LogP contribution in [0.1, 0.15) is 31.7 Å². The van der Waals surface area contributed by atoms with Gasteiger partial charge in [-0.05, 0) is 31.2 Å². The van der Waals surface area contributed by atoms with Gasteiger partial charge in [0.05, 0.1) is 6.04 Å². The highest BCUT2D eigenvalue weighted by molar-refractivity contribution is 5.85. The molecule has 1 heterocycles. The molecule has 0 aromatic heterocycles. The molecule has 1 unspecified atom stereocenters. The fourth-order valence-electron chi connectivity index (χ4n) is 2.61. The average Bonchev–Trinajstić information content (AvgIpc) is 2.86. The first-order valence-electron chi connectivity index (χ1n) is 6.82. The van der Waals surface area contributed by atoms with Gasteiger partial charge in [0.15, 0.2) is 0 Å². The minimum Gasteiger partial charge on any atom is -0.338 e. The van der Waals surface area contributed by atoms with Gasteiger partial charge in [0.1, 0.15) is 0 Å². The third-order valence-corrected chi connectivity index (χ3v) is 3.73. The molecular weight excluding hydrogens is 260 g/mol. The lowest BCUT2D eigenvalue weighted by atomic mass is 10.0. The molecule has 19 heavy (non-hydrogen) atoms. The highest BCUT2D eigenvalue weighted by atomic mass is 35.5. The van der Waals surface area contributed by atoms with Crippen molar-refractivity contribution >= 4 is 18.3 Å². The quantitative estimate of drug-likeness (QED) is 0.922. The first-order chi connectivity index (χ1) is 8.72. The van der Waals surface area contributed by atoms with Gasteiger partial charge in [0.2, 0.25) is 5.91 Å². The number of halogens is 1. The second kappa shape index (κ2) is 7.51.